The molecule has 0 aromatic carbocycles. The number of likely N-dealkylation sites (tertiary alicyclic amines) is 1. The maximum absolute atomic E-state index is 11.2. The van der Waals surface area contributed by atoms with Crippen LogP contribution in [0.5, 0.6) is 0 Å². The number of hydrogen-bond donors (Lipinski definition) is 2. The van der Waals surface area contributed by atoms with Gasteiger partial charge in [0.15, 0.2) is 9.84 Å². The second-order valence-electron chi connectivity index (χ2n) is 4.12. The smallest absolute Gasteiger partial charge is 0.159 e. The summed E-state index contributed by atoms with van der Waals surface area (Å²) in [6.07, 6.45) is 1.70. The Morgan fingerprint density at radius 1 is 1.15 bits per heavy atom. The molecule has 76 valence electrons. The van der Waals surface area contributed by atoms with Crippen molar-refractivity contribution in [1.82, 2.24) is 0 Å². The zero-order chi connectivity index (χ0) is 9.47. The Morgan fingerprint density at radius 3 is 2.23 bits per heavy atom. The van der Waals surface area contributed by atoms with Crippen LogP contribution in [0.4, 0.5) is 0 Å². The molecule has 4 nitrogen and oxygen atoms in total. The Morgan fingerprint density at radius 2 is 1.77 bits per heavy atom. The van der Waals surface area contributed by atoms with Gasteiger partial charge in [-0.25, -0.2) is 8.42 Å². The molecule has 2 N–H and O–H groups in total. The van der Waals surface area contributed by atoms with Gasteiger partial charge in [-0.1, -0.05) is 0 Å². The summed E-state index contributed by atoms with van der Waals surface area (Å²) in [5, 5.41) is 9.58. The Kier molecular flexibility index (Phi) is 2.33. The minimum absolute atomic E-state index is 0.0266. The van der Waals surface area contributed by atoms with Crippen molar-refractivity contribution in [1.29, 1.82) is 0 Å². The molecule has 0 amide bonds. The summed E-state index contributed by atoms with van der Waals surface area (Å²) in [5.41, 5.74) is 0. The molecule has 0 aliphatic carbocycles. The molecule has 0 radical (unpaired) electrons. The van der Waals surface area contributed by atoms with Gasteiger partial charge in [-0.3, -0.25) is 0 Å². The number of rotatable bonds is 1. The van der Waals surface area contributed by atoms with E-state index in [4.69, 9.17) is 0 Å². The van der Waals surface area contributed by atoms with E-state index in [9.17, 15) is 13.5 Å². The third-order valence-electron chi connectivity index (χ3n) is 3.09. The zero-order valence-electron chi connectivity index (χ0n) is 7.57. The molecule has 2 aliphatic rings. The highest BCUT2D eigenvalue weighted by molar-refractivity contribution is 7.91. The van der Waals surface area contributed by atoms with Crippen LogP contribution in [0, 0.1) is 0 Å². The van der Waals surface area contributed by atoms with E-state index in [2.05, 4.69) is 0 Å². The molecule has 0 unspecified atom stereocenters. The van der Waals surface area contributed by atoms with E-state index < -0.39 is 15.9 Å². The van der Waals surface area contributed by atoms with Gasteiger partial charge in [0.05, 0.1) is 18.8 Å². The van der Waals surface area contributed by atoms with Crippen LogP contribution in [-0.2, 0) is 9.84 Å². The maximum atomic E-state index is 11.2. The van der Waals surface area contributed by atoms with Crippen LogP contribution in [0.15, 0.2) is 0 Å². The van der Waals surface area contributed by atoms with Crippen molar-refractivity contribution in [2.45, 2.75) is 25.0 Å². The van der Waals surface area contributed by atoms with Gasteiger partial charge in [0.25, 0.3) is 0 Å². The molecule has 13 heavy (non-hydrogen) atoms. The molecule has 0 spiro atoms. The lowest BCUT2D eigenvalue weighted by atomic mass is 10.2. The molecular weight excluding hydrogens is 190 g/mol. The van der Waals surface area contributed by atoms with E-state index in [1.165, 1.54) is 17.7 Å². The first kappa shape index (κ1) is 9.43. The molecular formula is C8H16NO3S+. The topological polar surface area (TPSA) is 58.8 Å². The molecule has 0 aromatic rings. The molecule has 2 rings (SSSR count). The van der Waals surface area contributed by atoms with E-state index in [0.29, 0.717) is 0 Å². The van der Waals surface area contributed by atoms with Gasteiger partial charge in [-0.2, -0.15) is 0 Å². The molecule has 2 fully saturated rings. The molecule has 0 bridgehead atoms. The van der Waals surface area contributed by atoms with Crippen LogP contribution in [0.3, 0.4) is 0 Å². The number of nitrogens with one attached hydrogen (secondary N) is 1. The first-order chi connectivity index (χ1) is 6.08. The second kappa shape index (κ2) is 3.22. The minimum atomic E-state index is -2.95. The van der Waals surface area contributed by atoms with Crippen molar-refractivity contribution < 1.29 is 18.4 Å². The Balaban J connectivity index is 2.08. The Labute approximate surface area is 78.5 Å². The number of hydrogen-bond acceptors (Lipinski definition) is 3. The predicted octanol–water partition coefficient (Wildman–Crippen LogP) is -2.18. The van der Waals surface area contributed by atoms with E-state index in [-0.39, 0.29) is 17.5 Å². The third kappa shape index (κ3) is 1.87. The average molecular weight is 206 g/mol. The summed E-state index contributed by atoms with van der Waals surface area (Å²) < 4.78 is 22.5. The highest BCUT2D eigenvalue weighted by Crippen LogP contribution is 2.11. The monoisotopic (exact) mass is 206 g/mol. The lowest BCUT2D eigenvalue weighted by Gasteiger charge is -2.21. The van der Waals surface area contributed by atoms with Crippen molar-refractivity contribution in [3.63, 3.8) is 0 Å². The Bertz CT molecular complexity index is 282. The predicted molar refractivity (Wildman–Crippen MR) is 48.4 cm³/mol. The molecule has 5 heteroatoms. The highest BCUT2D eigenvalue weighted by atomic mass is 32.2. The summed E-state index contributed by atoms with van der Waals surface area (Å²) in [5.74, 6) is 0.157. The maximum Gasteiger partial charge on any atom is 0.159 e. The largest absolute Gasteiger partial charge is 0.386 e. The first-order valence-electron chi connectivity index (χ1n) is 4.81. The van der Waals surface area contributed by atoms with Crippen molar-refractivity contribution in [3.05, 3.63) is 0 Å². The van der Waals surface area contributed by atoms with Crippen LogP contribution < -0.4 is 4.90 Å². The molecule has 0 saturated carbocycles. The lowest BCUT2D eigenvalue weighted by Crippen LogP contribution is -3.15. The quantitative estimate of drug-likeness (QED) is 0.513. The van der Waals surface area contributed by atoms with Crippen LogP contribution >= 0.6 is 0 Å². The third-order valence-corrected chi connectivity index (χ3v) is 4.81. The van der Waals surface area contributed by atoms with Gasteiger partial charge < -0.3 is 10.0 Å². The van der Waals surface area contributed by atoms with Crippen molar-refractivity contribution in [2.75, 3.05) is 24.6 Å². The SMILES string of the molecule is O=S1(=O)C[C@H](O)[C@@H]([NH+]2CCCC2)C1. The van der Waals surface area contributed by atoms with Crippen LogP contribution in [-0.4, -0.2) is 50.3 Å². The van der Waals surface area contributed by atoms with Crippen molar-refractivity contribution in [3.8, 4) is 0 Å². The van der Waals surface area contributed by atoms with E-state index in [1.54, 1.807) is 0 Å². The minimum Gasteiger partial charge on any atom is -0.386 e. The van der Waals surface area contributed by atoms with Gasteiger partial charge >= 0.3 is 0 Å². The molecule has 0 aromatic heterocycles. The van der Waals surface area contributed by atoms with Crippen LogP contribution in [0.25, 0.3) is 0 Å². The zero-order valence-corrected chi connectivity index (χ0v) is 8.39. The van der Waals surface area contributed by atoms with Crippen LogP contribution in [0.2, 0.25) is 0 Å². The summed E-state index contributed by atoms with van der Waals surface area (Å²) >= 11 is 0. The van der Waals surface area contributed by atoms with Gasteiger partial charge in [-0.05, 0) is 0 Å². The fraction of sp³-hybridized carbons (Fsp3) is 1.00. The highest BCUT2D eigenvalue weighted by Gasteiger charge is 2.43. The fourth-order valence-electron chi connectivity index (χ4n) is 2.42. The van der Waals surface area contributed by atoms with E-state index in [1.807, 2.05) is 0 Å². The molecule has 2 atom stereocenters. The van der Waals surface area contributed by atoms with Gasteiger partial charge in [0, 0.05) is 12.8 Å². The number of quaternary nitrogens is 1. The summed E-state index contributed by atoms with van der Waals surface area (Å²) in [6.45, 7) is 2.05. The van der Waals surface area contributed by atoms with Gasteiger partial charge in [-0.15, -0.1) is 0 Å². The average Bonchev–Trinajstić information content (AvgIpc) is 2.56. The standard InChI is InChI=1S/C8H15NO3S/c10-8-6-13(11,12)5-7(8)9-3-1-2-4-9/h7-8,10H,1-6H2/p+1/t7-,8-/m0/s1. The summed E-state index contributed by atoms with van der Waals surface area (Å²) in [4.78, 5) is 1.29. The number of sulfone groups is 1. The van der Waals surface area contributed by atoms with E-state index >= 15 is 0 Å². The van der Waals surface area contributed by atoms with Crippen LogP contribution in [0.1, 0.15) is 12.8 Å². The van der Waals surface area contributed by atoms with Crippen molar-refractivity contribution in [2.24, 2.45) is 0 Å². The Hall–Kier alpha value is -0.130. The molecule has 2 saturated heterocycles. The summed E-state index contributed by atoms with van der Waals surface area (Å²) in [6, 6.07) is -0.0486. The second-order valence-corrected chi connectivity index (χ2v) is 6.27. The lowest BCUT2D eigenvalue weighted by molar-refractivity contribution is -0.913. The van der Waals surface area contributed by atoms with Gasteiger partial charge in [0.2, 0.25) is 0 Å². The van der Waals surface area contributed by atoms with E-state index in [0.717, 1.165) is 13.1 Å². The molecule has 2 heterocycles. The number of aliphatic hydroxyl groups excluding tert-OH is 1. The summed E-state index contributed by atoms with van der Waals surface area (Å²) in [7, 11) is -2.95. The normalized spacial score (nSPS) is 39.8. The first-order valence-corrected chi connectivity index (χ1v) is 6.64. The molecule has 2 aliphatic heterocycles. The van der Waals surface area contributed by atoms with Gasteiger partial charge in [0.1, 0.15) is 17.9 Å². The fourth-order valence-corrected chi connectivity index (χ4v) is 4.31. The van der Waals surface area contributed by atoms with Crippen molar-refractivity contribution >= 4 is 9.84 Å². The number of aliphatic hydroxyl groups is 1.